The lowest BCUT2D eigenvalue weighted by atomic mass is 9.90. The largest absolute Gasteiger partial charge is 0.547 e. The third-order valence-corrected chi connectivity index (χ3v) is 3.22. The molecule has 0 saturated heterocycles. The van der Waals surface area contributed by atoms with Crippen molar-refractivity contribution in [2.45, 2.75) is 4.87 Å². The van der Waals surface area contributed by atoms with E-state index in [0.717, 1.165) is 0 Å². The second-order valence-corrected chi connectivity index (χ2v) is 4.24. The number of hydrogen-bond acceptors (Lipinski definition) is 2. The molecule has 0 atom stereocenters. The molecule has 0 heterocycles. The van der Waals surface area contributed by atoms with Crippen LogP contribution in [0, 0.1) is 0 Å². The third kappa shape index (κ3) is 2.04. The summed E-state index contributed by atoms with van der Waals surface area (Å²) in [6.07, 6.45) is 0. The zero-order chi connectivity index (χ0) is 12.3. The fraction of sp³-hybridized carbons (Fsp3) is 0.0714. The number of hydrogen-bond donors (Lipinski definition) is 0. The summed E-state index contributed by atoms with van der Waals surface area (Å²) in [6, 6.07) is 17.3. The molecule has 2 rings (SSSR count). The zero-order valence-corrected chi connectivity index (χ0v) is 9.72. The number of carbonyl (C=O) groups is 1. The Morgan fingerprint density at radius 2 is 1.24 bits per heavy atom. The summed E-state index contributed by atoms with van der Waals surface area (Å²) in [6.45, 7) is 0. The van der Waals surface area contributed by atoms with E-state index in [-0.39, 0.29) is 0 Å². The molecule has 0 bridgehead atoms. The van der Waals surface area contributed by atoms with Crippen molar-refractivity contribution in [1.82, 2.24) is 0 Å². The average molecular weight is 246 g/mol. The van der Waals surface area contributed by atoms with Crippen molar-refractivity contribution in [1.29, 1.82) is 0 Å². The van der Waals surface area contributed by atoms with Crippen molar-refractivity contribution in [2.24, 2.45) is 0 Å². The molecule has 0 spiro atoms. The minimum atomic E-state index is -1.64. The second-order valence-electron chi connectivity index (χ2n) is 3.68. The Morgan fingerprint density at radius 3 is 1.53 bits per heavy atom. The summed E-state index contributed by atoms with van der Waals surface area (Å²) >= 11 is 6.26. The van der Waals surface area contributed by atoms with Crippen LogP contribution in [0.3, 0.4) is 0 Å². The first-order chi connectivity index (χ1) is 8.15. The molecular weight excluding hydrogens is 236 g/mol. The zero-order valence-electron chi connectivity index (χ0n) is 8.97. The molecule has 0 saturated carbocycles. The first-order valence-corrected chi connectivity index (χ1v) is 5.55. The molecule has 0 N–H and O–H groups in total. The van der Waals surface area contributed by atoms with Crippen LogP contribution >= 0.6 is 11.6 Å². The van der Waals surface area contributed by atoms with Gasteiger partial charge in [0.05, 0.1) is 5.97 Å². The predicted octanol–water partition coefficient (Wildman–Crippen LogP) is 1.92. The molecule has 0 unspecified atom stereocenters. The molecule has 17 heavy (non-hydrogen) atoms. The van der Waals surface area contributed by atoms with Gasteiger partial charge in [-0.1, -0.05) is 60.7 Å². The number of rotatable bonds is 3. The van der Waals surface area contributed by atoms with E-state index >= 15 is 0 Å². The molecule has 0 aliphatic rings. The number of carboxylic acids is 1. The van der Waals surface area contributed by atoms with E-state index in [1.165, 1.54) is 0 Å². The van der Waals surface area contributed by atoms with Crippen molar-refractivity contribution in [3.8, 4) is 0 Å². The maximum Gasteiger partial charge on any atom is 0.134 e. The molecule has 0 radical (unpaired) electrons. The molecule has 0 amide bonds. The lowest BCUT2D eigenvalue weighted by Crippen LogP contribution is -2.42. The van der Waals surface area contributed by atoms with Gasteiger partial charge in [-0.05, 0) is 11.1 Å². The van der Waals surface area contributed by atoms with E-state index < -0.39 is 10.8 Å². The Balaban J connectivity index is 2.59. The monoisotopic (exact) mass is 245 g/mol. The van der Waals surface area contributed by atoms with Gasteiger partial charge in [-0.3, -0.25) is 0 Å². The number of carboxylic acid groups (broad SMARTS) is 1. The quantitative estimate of drug-likeness (QED) is 0.775. The van der Waals surface area contributed by atoms with Gasteiger partial charge in [0.2, 0.25) is 0 Å². The lowest BCUT2D eigenvalue weighted by molar-refractivity contribution is -0.308. The molecule has 0 aromatic heterocycles. The molecule has 0 aliphatic heterocycles. The normalized spacial score (nSPS) is 11.1. The molecule has 2 aromatic rings. The smallest absolute Gasteiger partial charge is 0.134 e. The van der Waals surface area contributed by atoms with Crippen molar-refractivity contribution in [3.63, 3.8) is 0 Å². The number of halogens is 1. The second kappa shape index (κ2) is 4.60. The van der Waals surface area contributed by atoms with Crippen molar-refractivity contribution < 1.29 is 9.90 Å². The Hall–Kier alpha value is -1.80. The Morgan fingerprint density at radius 1 is 0.882 bits per heavy atom. The lowest BCUT2D eigenvalue weighted by Gasteiger charge is -2.29. The molecule has 2 aromatic carbocycles. The average Bonchev–Trinajstić information content (AvgIpc) is 2.39. The van der Waals surface area contributed by atoms with Crippen LogP contribution in [-0.4, -0.2) is 5.97 Å². The maximum absolute atomic E-state index is 11.4. The number of alkyl halides is 1. The van der Waals surface area contributed by atoms with Gasteiger partial charge < -0.3 is 9.90 Å². The Labute approximate surface area is 104 Å². The molecule has 2 nitrogen and oxygen atoms in total. The summed E-state index contributed by atoms with van der Waals surface area (Å²) < 4.78 is 0. The van der Waals surface area contributed by atoms with Gasteiger partial charge in [0.15, 0.2) is 0 Å². The minimum Gasteiger partial charge on any atom is -0.547 e. The molecule has 0 aliphatic carbocycles. The molecule has 3 heteroatoms. The van der Waals surface area contributed by atoms with Crippen LogP contribution in [0.5, 0.6) is 0 Å². The predicted molar refractivity (Wildman–Crippen MR) is 64.5 cm³/mol. The van der Waals surface area contributed by atoms with Crippen LogP contribution in [-0.2, 0) is 9.67 Å². The summed E-state index contributed by atoms with van der Waals surface area (Å²) in [4.78, 5) is 9.74. The van der Waals surface area contributed by atoms with Gasteiger partial charge in [-0.25, -0.2) is 0 Å². The standard InChI is InChI=1S/C14H11ClO2/c15-14(13(16)17,11-7-3-1-4-8-11)12-9-5-2-6-10-12/h1-10H,(H,16,17)/p-1. The van der Waals surface area contributed by atoms with Crippen LogP contribution in [0.1, 0.15) is 11.1 Å². The van der Waals surface area contributed by atoms with Crippen LogP contribution in [0.2, 0.25) is 0 Å². The van der Waals surface area contributed by atoms with Gasteiger partial charge in [0.1, 0.15) is 4.87 Å². The van der Waals surface area contributed by atoms with E-state index in [1.54, 1.807) is 60.7 Å². The molecular formula is C14H10ClO2-. The van der Waals surface area contributed by atoms with Crippen molar-refractivity contribution >= 4 is 17.6 Å². The molecule has 86 valence electrons. The number of carbonyl (C=O) groups excluding carboxylic acids is 1. The van der Waals surface area contributed by atoms with E-state index in [4.69, 9.17) is 11.6 Å². The van der Waals surface area contributed by atoms with E-state index in [0.29, 0.717) is 11.1 Å². The van der Waals surface area contributed by atoms with Gasteiger partial charge in [-0.15, -0.1) is 11.6 Å². The number of benzene rings is 2. The Bertz CT molecular complexity index is 469. The van der Waals surface area contributed by atoms with E-state index in [2.05, 4.69) is 0 Å². The summed E-state index contributed by atoms with van der Waals surface area (Å²) in [5.74, 6) is -1.32. The third-order valence-electron chi connectivity index (χ3n) is 2.62. The van der Waals surface area contributed by atoms with Crippen LogP contribution < -0.4 is 5.11 Å². The first-order valence-electron chi connectivity index (χ1n) is 5.17. The highest BCUT2D eigenvalue weighted by Crippen LogP contribution is 2.35. The fourth-order valence-corrected chi connectivity index (χ4v) is 1.99. The first kappa shape index (κ1) is 11.7. The van der Waals surface area contributed by atoms with Crippen LogP contribution in [0.25, 0.3) is 0 Å². The fourth-order valence-electron chi connectivity index (χ4n) is 1.74. The minimum absolute atomic E-state index is 0.493. The van der Waals surface area contributed by atoms with Gasteiger partial charge >= 0.3 is 0 Å². The highest BCUT2D eigenvalue weighted by Gasteiger charge is 2.33. The number of aliphatic carboxylic acids is 1. The maximum atomic E-state index is 11.4. The SMILES string of the molecule is O=C([O-])C(Cl)(c1ccccc1)c1ccccc1. The van der Waals surface area contributed by atoms with Crippen molar-refractivity contribution in [2.75, 3.05) is 0 Å². The van der Waals surface area contributed by atoms with E-state index in [1.807, 2.05) is 0 Å². The topological polar surface area (TPSA) is 40.1 Å². The van der Waals surface area contributed by atoms with Crippen LogP contribution in [0.4, 0.5) is 0 Å². The van der Waals surface area contributed by atoms with Gasteiger partial charge in [-0.2, -0.15) is 0 Å². The van der Waals surface area contributed by atoms with Crippen molar-refractivity contribution in [3.05, 3.63) is 71.8 Å². The summed E-state index contributed by atoms with van der Waals surface area (Å²) in [7, 11) is 0. The van der Waals surface area contributed by atoms with Gasteiger partial charge in [0.25, 0.3) is 0 Å². The van der Waals surface area contributed by atoms with E-state index in [9.17, 15) is 9.90 Å². The van der Waals surface area contributed by atoms with Gasteiger partial charge in [0, 0.05) is 0 Å². The highest BCUT2D eigenvalue weighted by molar-refractivity contribution is 6.35. The molecule has 0 fully saturated rings. The highest BCUT2D eigenvalue weighted by atomic mass is 35.5. The summed E-state index contributed by atoms with van der Waals surface area (Å²) in [5, 5.41) is 11.4. The van der Waals surface area contributed by atoms with Crippen LogP contribution in [0.15, 0.2) is 60.7 Å². The Kier molecular flexibility index (Phi) is 3.16. The summed E-state index contributed by atoms with van der Waals surface area (Å²) in [5.41, 5.74) is 0.987.